The van der Waals surface area contributed by atoms with Crippen LogP contribution in [0.15, 0.2) is 79.4 Å². The number of nitrogens with zero attached hydrogens (tertiary/aromatic N) is 2. The van der Waals surface area contributed by atoms with E-state index in [0.29, 0.717) is 19.4 Å². The molecule has 0 bridgehead atoms. The number of rotatable bonds is 12. The number of hydrogen-bond acceptors (Lipinski definition) is 4. The second kappa shape index (κ2) is 11.6. The molecule has 3 aromatic rings. The first-order chi connectivity index (χ1) is 14.7. The predicted octanol–water partition coefficient (Wildman–Crippen LogP) is 4.62. The molecule has 1 aromatic heterocycles. The Kier molecular flexibility index (Phi) is 8.23. The van der Waals surface area contributed by atoms with Gasteiger partial charge in [-0.25, -0.2) is 4.98 Å². The van der Waals surface area contributed by atoms with Crippen molar-refractivity contribution in [2.24, 2.45) is 0 Å². The van der Waals surface area contributed by atoms with Crippen LogP contribution < -0.4 is 5.48 Å². The van der Waals surface area contributed by atoms with E-state index in [1.807, 2.05) is 59.3 Å². The van der Waals surface area contributed by atoms with E-state index in [9.17, 15) is 4.79 Å². The molecule has 0 fully saturated rings. The number of nitrogens with one attached hydrogen (secondary N) is 1. The van der Waals surface area contributed by atoms with E-state index in [1.165, 1.54) is 5.56 Å². The molecule has 0 aliphatic rings. The fraction of sp³-hybridized carbons (Fsp3) is 0.250. The number of allylic oxidation sites excluding steroid dienone is 1. The molecule has 0 amide bonds. The molecular formula is C24H27N3O3. The molecule has 0 saturated carbocycles. The number of carbonyl (C=O) groups is 1. The van der Waals surface area contributed by atoms with Gasteiger partial charge in [0.15, 0.2) is 0 Å². The number of aliphatic carboxylic acids is 1. The Bertz CT molecular complexity index is 923. The molecule has 3 rings (SSSR count). The van der Waals surface area contributed by atoms with Crippen molar-refractivity contribution in [2.45, 2.75) is 32.1 Å². The molecule has 30 heavy (non-hydrogen) atoms. The van der Waals surface area contributed by atoms with Crippen LogP contribution in [0.1, 0.15) is 36.8 Å². The van der Waals surface area contributed by atoms with E-state index in [1.54, 1.807) is 12.5 Å². The summed E-state index contributed by atoms with van der Waals surface area (Å²) in [6.45, 7) is 0.499. The minimum absolute atomic E-state index is 0.199. The monoisotopic (exact) mass is 405 g/mol. The van der Waals surface area contributed by atoms with Crippen molar-refractivity contribution in [1.82, 2.24) is 15.0 Å². The maximum atomic E-state index is 10.6. The molecule has 0 atom stereocenters. The average Bonchev–Trinajstić information content (AvgIpc) is 3.30. The van der Waals surface area contributed by atoms with Crippen molar-refractivity contribution in [1.29, 1.82) is 0 Å². The lowest BCUT2D eigenvalue weighted by molar-refractivity contribution is -0.137. The number of aromatic nitrogens is 2. The van der Waals surface area contributed by atoms with E-state index >= 15 is 0 Å². The molecule has 0 radical (unpaired) electrons. The number of hydroxylamine groups is 1. The summed E-state index contributed by atoms with van der Waals surface area (Å²) in [6, 6.07) is 20.3. The summed E-state index contributed by atoms with van der Waals surface area (Å²) in [5, 5.41) is 8.73. The van der Waals surface area contributed by atoms with Crippen LogP contribution in [0.3, 0.4) is 0 Å². The van der Waals surface area contributed by atoms with Gasteiger partial charge in [-0.3, -0.25) is 15.1 Å². The zero-order valence-electron chi connectivity index (χ0n) is 16.9. The first kappa shape index (κ1) is 21.3. The molecule has 2 aromatic carbocycles. The van der Waals surface area contributed by atoms with Gasteiger partial charge in [-0.05, 0) is 18.4 Å². The van der Waals surface area contributed by atoms with Gasteiger partial charge in [-0.15, -0.1) is 0 Å². The number of benzene rings is 2. The third kappa shape index (κ3) is 6.60. The van der Waals surface area contributed by atoms with E-state index in [-0.39, 0.29) is 6.42 Å². The molecule has 0 aliphatic heterocycles. The zero-order valence-corrected chi connectivity index (χ0v) is 16.9. The first-order valence-electron chi connectivity index (χ1n) is 10.1. The first-order valence-corrected chi connectivity index (χ1v) is 10.1. The van der Waals surface area contributed by atoms with Gasteiger partial charge in [0.25, 0.3) is 0 Å². The number of hydrogen-bond donors (Lipinski definition) is 2. The Morgan fingerprint density at radius 3 is 2.40 bits per heavy atom. The maximum Gasteiger partial charge on any atom is 0.303 e. The van der Waals surface area contributed by atoms with Crippen LogP contribution in [0, 0.1) is 0 Å². The molecular weight excluding hydrogens is 378 g/mol. The van der Waals surface area contributed by atoms with E-state index < -0.39 is 5.97 Å². The zero-order chi connectivity index (χ0) is 21.0. The van der Waals surface area contributed by atoms with Crippen LogP contribution in [0.4, 0.5) is 0 Å². The van der Waals surface area contributed by atoms with Crippen LogP contribution in [-0.2, 0) is 16.1 Å². The van der Waals surface area contributed by atoms with Gasteiger partial charge in [0.1, 0.15) is 0 Å². The van der Waals surface area contributed by atoms with E-state index in [2.05, 4.69) is 22.6 Å². The minimum Gasteiger partial charge on any atom is -0.481 e. The Morgan fingerprint density at radius 2 is 1.73 bits per heavy atom. The van der Waals surface area contributed by atoms with Gasteiger partial charge < -0.3 is 9.67 Å². The van der Waals surface area contributed by atoms with E-state index in [0.717, 1.165) is 29.8 Å². The molecule has 0 unspecified atom stereocenters. The van der Waals surface area contributed by atoms with Crippen molar-refractivity contribution in [3.8, 4) is 0 Å². The average molecular weight is 405 g/mol. The summed E-state index contributed by atoms with van der Waals surface area (Å²) in [5.74, 6) is -0.755. The summed E-state index contributed by atoms with van der Waals surface area (Å²) in [4.78, 5) is 20.6. The van der Waals surface area contributed by atoms with Crippen LogP contribution >= 0.6 is 0 Å². The lowest BCUT2D eigenvalue weighted by atomic mass is 10.0. The Balaban J connectivity index is 1.79. The highest BCUT2D eigenvalue weighted by Gasteiger charge is 2.13. The second-order valence-electron chi connectivity index (χ2n) is 6.97. The highest BCUT2D eigenvalue weighted by Crippen LogP contribution is 2.23. The third-order valence-electron chi connectivity index (χ3n) is 4.69. The Labute approximate surface area is 176 Å². The van der Waals surface area contributed by atoms with Gasteiger partial charge in [-0.2, -0.15) is 0 Å². The predicted molar refractivity (Wildman–Crippen MR) is 117 cm³/mol. The molecule has 156 valence electrons. The number of carboxylic acid groups (broad SMARTS) is 1. The second-order valence-corrected chi connectivity index (χ2v) is 6.97. The molecule has 6 nitrogen and oxygen atoms in total. The van der Waals surface area contributed by atoms with Gasteiger partial charge in [0.05, 0.1) is 24.3 Å². The SMILES string of the molecule is O=C(O)CCCCCONC(=C(Cc1ccccc1)n1ccnc1)c1ccccc1. The third-order valence-corrected chi connectivity index (χ3v) is 4.69. The molecule has 0 aliphatic carbocycles. The van der Waals surface area contributed by atoms with Crippen molar-refractivity contribution in [3.05, 3.63) is 90.5 Å². The summed E-state index contributed by atoms with van der Waals surface area (Å²) >= 11 is 0. The fourth-order valence-electron chi connectivity index (χ4n) is 3.16. The summed E-state index contributed by atoms with van der Waals surface area (Å²) in [6.07, 6.45) is 8.65. The van der Waals surface area contributed by atoms with Crippen LogP contribution in [0.25, 0.3) is 11.4 Å². The molecule has 6 heteroatoms. The standard InChI is InChI=1S/C24H27N3O3/c28-23(29)14-8-3-9-17-30-26-24(21-12-6-2-7-13-21)22(27-16-15-25-19-27)18-20-10-4-1-5-11-20/h1-2,4-7,10-13,15-16,19,26H,3,8-9,14,17-18H2,(H,28,29). The summed E-state index contributed by atoms with van der Waals surface area (Å²) in [7, 11) is 0. The van der Waals surface area contributed by atoms with Crippen LogP contribution in [-0.4, -0.2) is 27.2 Å². The highest BCUT2D eigenvalue weighted by atomic mass is 16.6. The van der Waals surface area contributed by atoms with Crippen molar-refractivity contribution in [2.75, 3.05) is 6.61 Å². The topological polar surface area (TPSA) is 76.4 Å². The number of imidazole rings is 1. The number of unbranched alkanes of at least 4 members (excludes halogenated alkanes) is 2. The largest absolute Gasteiger partial charge is 0.481 e. The summed E-state index contributed by atoms with van der Waals surface area (Å²) in [5.41, 5.74) is 7.26. The lowest BCUT2D eigenvalue weighted by Crippen LogP contribution is -2.18. The molecule has 2 N–H and O–H groups in total. The highest BCUT2D eigenvalue weighted by molar-refractivity contribution is 5.82. The maximum absolute atomic E-state index is 10.6. The van der Waals surface area contributed by atoms with E-state index in [4.69, 9.17) is 9.94 Å². The Morgan fingerprint density at radius 1 is 1.00 bits per heavy atom. The Hall–Kier alpha value is -3.38. The smallest absolute Gasteiger partial charge is 0.303 e. The van der Waals surface area contributed by atoms with Crippen molar-refractivity contribution < 1.29 is 14.7 Å². The molecule has 1 heterocycles. The van der Waals surface area contributed by atoms with Gasteiger partial charge in [0.2, 0.25) is 0 Å². The van der Waals surface area contributed by atoms with Gasteiger partial charge >= 0.3 is 5.97 Å². The van der Waals surface area contributed by atoms with Crippen molar-refractivity contribution in [3.63, 3.8) is 0 Å². The minimum atomic E-state index is -0.755. The quantitative estimate of drug-likeness (QED) is 0.340. The van der Waals surface area contributed by atoms with Crippen molar-refractivity contribution >= 4 is 17.4 Å². The van der Waals surface area contributed by atoms with Gasteiger partial charge in [0, 0.05) is 30.8 Å². The van der Waals surface area contributed by atoms with Gasteiger partial charge in [-0.1, -0.05) is 67.1 Å². The number of carboxylic acids is 1. The fourth-order valence-corrected chi connectivity index (χ4v) is 3.16. The molecule has 0 saturated heterocycles. The van der Waals surface area contributed by atoms with Crippen LogP contribution in [0.2, 0.25) is 0 Å². The molecule has 0 spiro atoms. The normalized spacial score (nSPS) is 11.7. The lowest BCUT2D eigenvalue weighted by Gasteiger charge is -2.18. The summed E-state index contributed by atoms with van der Waals surface area (Å²) < 4.78 is 2.00. The van der Waals surface area contributed by atoms with Crippen LogP contribution in [0.5, 0.6) is 0 Å².